The molecule has 0 radical (unpaired) electrons. The van der Waals surface area contributed by atoms with Crippen molar-refractivity contribution in [1.82, 2.24) is 0 Å². The molecule has 1 N–H and O–H groups in total. The lowest BCUT2D eigenvalue weighted by atomic mass is 10.2. The van der Waals surface area contributed by atoms with Crippen LogP contribution in [0.15, 0.2) is 69.3 Å². The lowest BCUT2D eigenvalue weighted by molar-refractivity contribution is -0.388. The second-order valence-corrected chi connectivity index (χ2v) is 9.74. The first-order chi connectivity index (χ1) is 14.1. The number of nitro benzene ring substituents is 1. The van der Waals surface area contributed by atoms with Gasteiger partial charge in [0.1, 0.15) is 5.82 Å². The maximum absolute atomic E-state index is 13.5. The Hall–Kier alpha value is -2.33. The molecule has 6 nitrogen and oxygen atoms in total. The maximum Gasteiger partial charge on any atom is 0.284 e. The van der Waals surface area contributed by atoms with Gasteiger partial charge >= 0.3 is 0 Å². The van der Waals surface area contributed by atoms with Crippen molar-refractivity contribution in [3.63, 3.8) is 0 Å². The minimum Gasteiger partial charge on any atom is -0.279 e. The quantitative estimate of drug-likeness (QED) is 0.326. The van der Waals surface area contributed by atoms with E-state index in [1.54, 1.807) is 25.1 Å². The summed E-state index contributed by atoms with van der Waals surface area (Å²) < 4.78 is 41.1. The number of nitrogens with zero attached hydrogens (tertiary/aromatic N) is 1. The summed E-state index contributed by atoms with van der Waals surface area (Å²) in [4.78, 5) is 11.4. The summed E-state index contributed by atoms with van der Waals surface area (Å²) in [6.45, 7) is 1.61. The number of anilines is 1. The monoisotopic (exact) mass is 486 g/mol. The standard InChI is InChI=1S/C19H13Cl2FN2O4S2/c1-11-2-3-12(22)8-17(11)23-30(27,28)14-5-7-19(18(10-14)24(25)26)29-13-4-6-15(20)16(21)9-13/h2-10,23H,1H3. The third kappa shape index (κ3) is 5.04. The van der Waals surface area contributed by atoms with Crippen LogP contribution >= 0.6 is 35.0 Å². The molecule has 0 unspecified atom stereocenters. The number of halogens is 3. The first kappa shape index (κ1) is 22.4. The van der Waals surface area contributed by atoms with E-state index >= 15 is 0 Å². The van der Waals surface area contributed by atoms with Gasteiger partial charge in [0.15, 0.2) is 0 Å². The topological polar surface area (TPSA) is 89.3 Å². The highest BCUT2D eigenvalue weighted by Crippen LogP contribution is 2.38. The molecule has 0 spiro atoms. The average Bonchev–Trinajstić information content (AvgIpc) is 2.67. The number of benzene rings is 3. The highest BCUT2D eigenvalue weighted by Gasteiger charge is 2.23. The lowest BCUT2D eigenvalue weighted by Crippen LogP contribution is -2.14. The predicted octanol–water partition coefficient (Wildman–Crippen LogP) is 6.30. The van der Waals surface area contributed by atoms with Crippen LogP contribution < -0.4 is 4.72 Å². The molecule has 0 aliphatic carbocycles. The number of hydrogen-bond donors (Lipinski definition) is 1. The van der Waals surface area contributed by atoms with Crippen LogP contribution in [0.1, 0.15) is 5.56 Å². The van der Waals surface area contributed by atoms with Gasteiger partial charge in [0.05, 0.1) is 30.4 Å². The first-order valence-corrected chi connectivity index (χ1v) is 11.3. The van der Waals surface area contributed by atoms with Crippen LogP contribution in [0.2, 0.25) is 10.0 Å². The number of nitrogens with one attached hydrogen (secondary N) is 1. The molecule has 0 aliphatic rings. The van der Waals surface area contributed by atoms with E-state index < -0.39 is 26.5 Å². The van der Waals surface area contributed by atoms with Crippen molar-refractivity contribution >= 4 is 56.4 Å². The van der Waals surface area contributed by atoms with E-state index in [0.717, 1.165) is 23.9 Å². The molecule has 0 saturated heterocycles. The molecule has 0 atom stereocenters. The normalized spacial score (nSPS) is 11.3. The Kier molecular flexibility index (Phi) is 6.56. The molecular formula is C19H13Cl2FN2O4S2. The molecule has 0 bridgehead atoms. The van der Waals surface area contributed by atoms with Crippen molar-refractivity contribution in [1.29, 1.82) is 0 Å². The van der Waals surface area contributed by atoms with Crippen molar-refractivity contribution in [2.24, 2.45) is 0 Å². The van der Waals surface area contributed by atoms with Crippen LogP contribution in [0.5, 0.6) is 0 Å². The van der Waals surface area contributed by atoms with Gasteiger partial charge in [-0.15, -0.1) is 0 Å². The van der Waals surface area contributed by atoms with E-state index in [1.165, 1.54) is 24.3 Å². The number of hydrogen-bond acceptors (Lipinski definition) is 5. The van der Waals surface area contributed by atoms with Gasteiger partial charge in [-0.05, 0) is 55.0 Å². The van der Waals surface area contributed by atoms with Crippen LogP contribution in [0, 0.1) is 22.9 Å². The summed E-state index contributed by atoms with van der Waals surface area (Å²) in [5.41, 5.74) is 0.151. The number of nitro groups is 1. The number of rotatable bonds is 6. The molecule has 0 amide bonds. The highest BCUT2D eigenvalue weighted by atomic mass is 35.5. The summed E-state index contributed by atoms with van der Waals surface area (Å²) in [5, 5.41) is 12.2. The van der Waals surface area contributed by atoms with Crippen molar-refractivity contribution in [2.75, 3.05) is 4.72 Å². The molecule has 3 aromatic rings. The van der Waals surface area contributed by atoms with E-state index in [9.17, 15) is 22.9 Å². The Balaban J connectivity index is 1.96. The first-order valence-electron chi connectivity index (χ1n) is 8.27. The van der Waals surface area contributed by atoms with Crippen LogP contribution in [0.25, 0.3) is 0 Å². The second kappa shape index (κ2) is 8.81. The molecule has 3 aromatic carbocycles. The fourth-order valence-corrected chi connectivity index (χ4v) is 4.91. The lowest BCUT2D eigenvalue weighted by Gasteiger charge is -2.11. The molecule has 3 rings (SSSR count). The minimum absolute atomic E-state index is 0.0481. The zero-order valence-electron chi connectivity index (χ0n) is 15.2. The fraction of sp³-hybridized carbons (Fsp3) is 0.0526. The Morgan fingerprint density at radius 3 is 2.43 bits per heavy atom. The Morgan fingerprint density at radius 1 is 1.03 bits per heavy atom. The van der Waals surface area contributed by atoms with E-state index in [-0.39, 0.29) is 20.5 Å². The summed E-state index contributed by atoms with van der Waals surface area (Å²) in [6, 6.07) is 11.9. The van der Waals surface area contributed by atoms with Crippen molar-refractivity contribution in [3.8, 4) is 0 Å². The third-order valence-electron chi connectivity index (χ3n) is 4.00. The van der Waals surface area contributed by atoms with E-state index in [2.05, 4.69) is 4.72 Å². The van der Waals surface area contributed by atoms with Gasteiger partial charge in [0.2, 0.25) is 0 Å². The van der Waals surface area contributed by atoms with Gasteiger partial charge in [-0.1, -0.05) is 41.0 Å². The zero-order valence-corrected chi connectivity index (χ0v) is 18.4. The molecule has 0 aliphatic heterocycles. The largest absolute Gasteiger partial charge is 0.284 e. The third-order valence-corrected chi connectivity index (χ3v) is 7.16. The van der Waals surface area contributed by atoms with E-state index in [4.69, 9.17) is 23.2 Å². The molecule has 0 heterocycles. The SMILES string of the molecule is Cc1ccc(F)cc1NS(=O)(=O)c1ccc(Sc2ccc(Cl)c(Cl)c2)c([N+](=O)[O-])c1. The summed E-state index contributed by atoms with van der Waals surface area (Å²) in [5.74, 6) is -0.613. The predicted molar refractivity (Wildman–Crippen MR) is 116 cm³/mol. The molecule has 156 valence electrons. The summed E-state index contributed by atoms with van der Waals surface area (Å²) in [6.07, 6.45) is 0. The van der Waals surface area contributed by atoms with Crippen molar-refractivity contribution < 1.29 is 17.7 Å². The zero-order chi connectivity index (χ0) is 22.1. The number of sulfonamides is 1. The highest BCUT2D eigenvalue weighted by molar-refractivity contribution is 7.99. The molecular weight excluding hydrogens is 474 g/mol. The van der Waals surface area contributed by atoms with Crippen LogP contribution in [-0.4, -0.2) is 13.3 Å². The second-order valence-electron chi connectivity index (χ2n) is 6.13. The number of aryl methyl sites for hydroxylation is 1. The van der Waals surface area contributed by atoms with E-state index in [1.807, 2.05) is 0 Å². The molecule has 0 fully saturated rings. The molecule has 0 aromatic heterocycles. The van der Waals surface area contributed by atoms with Gasteiger partial charge in [-0.25, -0.2) is 12.8 Å². The van der Waals surface area contributed by atoms with Crippen molar-refractivity contribution in [3.05, 3.63) is 86.1 Å². The van der Waals surface area contributed by atoms with Crippen LogP contribution in [-0.2, 0) is 10.0 Å². The minimum atomic E-state index is -4.18. The average molecular weight is 487 g/mol. The van der Waals surface area contributed by atoms with Gasteiger partial charge < -0.3 is 0 Å². The Bertz CT molecular complexity index is 1250. The summed E-state index contributed by atoms with van der Waals surface area (Å²) >= 11 is 12.9. The van der Waals surface area contributed by atoms with Gasteiger partial charge in [0.25, 0.3) is 15.7 Å². The van der Waals surface area contributed by atoms with E-state index in [0.29, 0.717) is 15.5 Å². The van der Waals surface area contributed by atoms with Gasteiger partial charge in [-0.3, -0.25) is 14.8 Å². The van der Waals surface area contributed by atoms with Crippen LogP contribution in [0.3, 0.4) is 0 Å². The van der Waals surface area contributed by atoms with Gasteiger partial charge in [0, 0.05) is 11.0 Å². The fourth-order valence-electron chi connectivity index (χ4n) is 2.47. The maximum atomic E-state index is 13.5. The van der Waals surface area contributed by atoms with Crippen molar-refractivity contribution in [2.45, 2.75) is 21.6 Å². The van der Waals surface area contributed by atoms with Gasteiger partial charge in [-0.2, -0.15) is 0 Å². The molecule has 11 heteroatoms. The molecule has 30 heavy (non-hydrogen) atoms. The van der Waals surface area contributed by atoms with Crippen LogP contribution in [0.4, 0.5) is 15.8 Å². The molecule has 0 saturated carbocycles. The Labute approximate surface area is 186 Å². The Morgan fingerprint density at radius 2 is 1.77 bits per heavy atom. The smallest absolute Gasteiger partial charge is 0.279 e. The summed E-state index contributed by atoms with van der Waals surface area (Å²) in [7, 11) is -4.18.